The largest absolute Gasteiger partial charge is 0.349 e. The Hall–Kier alpha value is -2.75. The summed E-state index contributed by atoms with van der Waals surface area (Å²) in [5.74, 6) is -0.213. The Morgan fingerprint density at radius 1 is 0.969 bits per heavy atom. The van der Waals surface area contributed by atoms with Crippen molar-refractivity contribution in [2.24, 2.45) is 0 Å². The lowest BCUT2D eigenvalue weighted by Gasteiger charge is -2.23. The van der Waals surface area contributed by atoms with Crippen LogP contribution >= 0.6 is 0 Å². The summed E-state index contributed by atoms with van der Waals surface area (Å²) in [7, 11) is -1.18. The molecule has 8 nitrogen and oxygen atoms in total. The molecule has 2 aromatic carbocycles. The third kappa shape index (κ3) is 5.01. The Bertz CT molecular complexity index is 1090. The first-order valence-electron chi connectivity index (χ1n) is 10.6. The van der Waals surface area contributed by atoms with Gasteiger partial charge in [-0.15, -0.1) is 0 Å². The summed E-state index contributed by atoms with van der Waals surface area (Å²) >= 11 is 0. The summed E-state index contributed by atoms with van der Waals surface area (Å²) in [6.07, 6.45) is 3.97. The van der Waals surface area contributed by atoms with Crippen LogP contribution in [0.5, 0.6) is 0 Å². The minimum absolute atomic E-state index is 0.0523. The molecule has 0 saturated heterocycles. The molecular weight excluding hydrogens is 430 g/mol. The standard InChI is InChI=1S/C23H27N3O5S/c1-25(31-2)32(29,30)21-13-7-18(8-14-21)23(28)26(20-11-12-20)15-16-3-5-17(6-4-16)22(27)24-19-9-10-19/h3-8,13-14,19-20H,9-12,15H2,1-2H3,(H,24,27). The minimum Gasteiger partial charge on any atom is -0.349 e. The van der Waals surface area contributed by atoms with Crippen LogP contribution in [-0.2, 0) is 21.4 Å². The predicted molar refractivity (Wildman–Crippen MR) is 118 cm³/mol. The number of nitrogens with one attached hydrogen (secondary N) is 1. The number of rotatable bonds is 9. The zero-order chi connectivity index (χ0) is 22.9. The van der Waals surface area contributed by atoms with Crippen molar-refractivity contribution >= 4 is 21.8 Å². The summed E-state index contributed by atoms with van der Waals surface area (Å²) in [5, 5.41) is 2.97. The first-order chi connectivity index (χ1) is 15.3. The smallest absolute Gasteiger partial charge is 0.264 e. The van der Waals surface area contributed by atoms with E-state index in [4.69, 9.17) is 4.84 Å². The lowest BCUT2D eigenvalue weighted by Crippen LogP contribution is -2.32. The monoisotopic (exact) mass is 457 g/mol. The molecule has 0 heterocycles. The number of benzene rings is 2. The third-order valence-electron chi connectivity index (χ3n) is 5.72. The molecule has 2 fully saturated rings. The number of hydrogen-bond donors (Lipinski definition) is 1. The van der Waals surface area contributed by atoms with Crippen LogP contribution in [0.2, 0.25) is 0 Å². The van der Waals surface area contributed by atoms with Crippen molar-refractivity contribution in [1.29, 1.82) is 0 Å². The molecule has 0 spiro atoms. The third-order valence-corrected chi connectivity index (χ3v) is 7.42. The molecule has 0 aromatic heterocycles. The van der Waals surface area contributed by atoms with Gasteiger partial charge in [0.05, 0.1) is 12.0 Å². The first kappa shape index (κ1) is 22.4. The van der Waals surface area contributed by atoms with E-state index < -0.39 is 10.0 Å². The normalized spacial score (nSPS) is 16.1. The maximum atomic E-state index is 13.2. The molecule has 0 unspecified atom stereocenters. The van der Waals surface area contributed by atoms with Crippen molar-refractivity contribution in [3.05, 3.63) is 65.2 Å². The fraction of sp³-hybridized carbons (Fsp3) is 0.391. The molecule has 0 aliphatic heterocycles. The molecule has 1 N–H and O–H groups in total. The minimum atomic E-state index is -3.77. The van der Waals surface area contributed by atoms with Crippen LogP contribution in [-0.4, -0.2) is 55.8 Å². The molecule has 0 radical (unpaired) electrons. The van der Waals surface area contributed by atoms with E-state index in [0.717, 1.165) is 35.7 Å². The van der Waals surface area contributed by atoms with Gasteiger partial charge in [0, 0.05) is 36.8 Å². The second-order valence-electron chi connectivity index (χ2n) is 8.23. The average molecular weight is 458 g/mol. The van der Waals surface area contributed by atoms with Crippen LogP contribution < -0.4 is 5.32 Å². The number of nitrogens with zero attached hydrogens (tertiary/aromatic N) is 2. The van der Waals surface area contributed by atoms with Crippen LogP contribution in [0.4, 0.5) is 0 Å². The molecule has 2 aliphatic rings. The van der Waals surface area contributed by atoms with Crippen molar-refractivity contribution < 1.29 is 22.8 Å². The zero-order valence-electron chi connectivity index (χ0n) is 18.2. The summed E-state index contributed by atoms with van der Waals surface area (Å²) < 4.78 is 25.5. The molecule has 2 amide bonds. The van der Waals surface area contributed by atoms with E-state index in [0.29, 0.717) is 23.7 Å². The molecule has 0 atom stereocenters. The van der Waals surface area contributed by atoms with Gasteiger partial charge in [0.2, 0.25) is 0 Å². The van der Waals surface area contributed by atoms with Gasteiger partial charge in [0.15, 0.2) is 0 Å². The first-order valence-corrected chi connectivity index (χ1v) is 12.1. The van der Waals surface area contributed by atoms with Crippen LogP contribution in [0.15, 0.2) is 53.4 Å². The quantitative estimate of drug-likeness (QED) is 0.584. The predicted octanol–water partition coefficient (Wildman–Crippen LogP) is 2.57. The van der Waals surface area contributed by atoms with E-state index >= 15 is 0 Å². The second-order valence-corrected chi connectivity index (χ2v) is 10.2. The van der Waals surface area contributed by atoms with E-state index in [2.05, 4.69) is 5.32 Å². The number of hydrogen-bond acceptors (Lipinski definition) is 5. The summed E-state index contributed by atoms with van der Waals surface area (Å²) in [6, 6.07) is 13.7. The van der Waals surface area contributed by atoms with Gasteiger partial charge in [0.25, 0.3) is 21.8 Å². The number of sulfonamides is 1. The van der Waals surface area contributed by atoms with E-state index in [1.807, 2.05) is 17.0 Å². The highest BCUT2D eigenvalue weighted by atomic mass is 32.2. The Labute approximate surface area is 188 Å². The zero-order valence-corrected chi connectivity index (χ0v) is 19.0. The highest BCUT2D eigenvalue weighted by Crippen LogP contribution is 2.30. The Morgan fingerprint density at radius 3 is 2.09 bits per heavy atom. The lowest BCUT2D eigenvalue weighted by molar-refractivity contribution is -0.0258. The van der Waals surface area contributed by atoms with Crippen LogP contribution in [0, 0.1) is 0 Å². The van der Waals surface area contributed by atoms with Crippen molar-refractivity contribution in [2.75, 3.05) is 14.2 Å². The highest BCUT2D eigenvalue weighted by molar-refractivity contribution is 7.89. The second kappa shape index (κ2) is 9.01. The van der Waals surface area contributed by atoms with E-state index in [1.165, 1.54) is 38.4 Å². The van der Waals surface area contributed by atoms with Gasteiger partial charge in [-0.05, 0) is 67.6 Å². The lowest BCUT2D eigenvalue weighted by atomic mass is 10.1. The fourth-order valence-corrected chi connectivity index (χ4v) is 4.36. The van der Waals surface area contributed by atoms with E-state index in [1.54, 1.807) is 12.1 Å². The molecule has 0 bridgehead atoms. The summed E-state index contributed by atoms with van der Waals surface area (Å²) in [5.41, 5.74) is 1.98. The summed E-state index contributed by atoms with van der Waals surface area (Å²) in [6.45, 7) is 0.431. The van der Waals surface area contributed by atoms with Gasteiger partial charge in [-0.2, -0.15) is 0 Å². The topological polar surface area (TPSA) is 96.0 Å². The van der Waals surface area contributed by atoms with Gasteiger partial charge < -0.3 is 10.2 Å². The van der Waals surface area contributed by atoms with Crippen molar-refractivity contribution in [3.8, 4) is 0 Å². The average Bonchev–Trinajstić information content (AvgIpc) is 3.72. The van der Waals surface area contributed by atoms with Gasteiger partial charge in [-0.1, -0.05) is 16.6 Å². The molecule has 2 saturated carbocycles. The van der Waals surface area contributed by atoms with Crippen molar-refractivity contribution in [2.45, 2.75) is 49.2 Å². The van der Waals surface area contributed by atoms with Gasteiger partial charge in [0.1, 0.15) is 0 Å². The highest BCUT2D eigenvalue weighted by Gasteiger charge is 2.33. The van der Waals surface area contributed by atoms with Crippen molar-refractivity contribution in [1.82, 2.24) is 14.7 Å². The van der Waals surface area contributed by atoms with Crippen molar-refractivity contribution in [3.63, 3.8) is 0 Å². The van der Waals surface area contributed by atoms with Crippen LogP contribution in [0.25, 0.3) is 0 Å². The SMILES string of the molecule is CON(C)S(=O)(=O)c1ccc(C(=O)N(Cc2ccc(C(=O)NC3CC3)cc2)C2CC2)cc1. The number of carbonyl (C=O) groups excluding carboxylic acids is 2. The Morgan fingerprint density at radius 2 is 1.56 bits per heavy atom. The molecule has 2 aliphatic carbocycles. The Kier molecular flexibility index (Phi) is 6.32. The molecule has 32 heavy (non-hydrogen) atoms. The fourth-order valence-electron chi connectivity index (χ4n) is 3.39. The number of amides is 2. The molecule has 4 rings (SSSR count). The summed E-state index contributed by atoms with van der Waals surface area (Å²) in [4.78, 5) is 32.0. The van der Waals surface area contributed by atoms with Crippen LogP contribution in [0.1, 0.15) is 52.0 Å². The molecular formula is C23H27N3O5S. The maximum Gasteiger partial charge on any atom is 0.264 e. The number of carbonyl (C=O) groups is 2. The van der Waals surface area contributed by atoms with Gasteiger partial charge in [-0.25, -0.2) is 8.42 Å². The molecule has 2 aromatic rings. The van der Waals surface area contributed by atoms with E-state index in [-0.39, 0.29) is 22.8 Å². The van der Waals surface area contributed by atoms with Gasteiger partial charge in [-0.3, -0.25) is 14.4 Å². The molecule has 170 valence electrons. The Balaban J connectivity index is 1.46. The maximum absolute atomic E-state index is 13.2. The van der Waals surface area contributed by atoms with E-state index in [9.17, 15) is 18.0 Å². The number of hydroxylamine groups is 1. The molecule has 9 heteroatoms. The van der Waals surface area contributed by atoms with Gasteiger partial charge >= 0.3 is 0 Å². The van der Waals surface area contributed by atoms with Crippen LogP contribution in [0.3, 0.4) is 0 Å².